The fourth-order valence-corrected chi connectivity index (χ4v) is 1.88. The summed E-state index contributed by atoms with van der Waals surface area (Å²) in [5, 5.41) is 0. The van der Waals surface area contributed by atoms with E-state index in [0.717, 1.165) is 19.3 Å². The second-order valence-electron chi connectivity index (χ2n) is 4.49. The minimum absolute atomic E-state index is 0.0402. The molecule has 0 bridgehead atoms. The molecule has 92 valence electrons. The molecule has 0 aliphatic rings. The fraction of sp³-hybridized carbons (Fsp3) is 0.467. The largest absolute Gasteiger partial charge is 0.300 e. The number of carbonyl (C=O) groups excluding carboxylic acids is 2. The Morgan fingerprint density at radius 3 is 2.35 bits per heavy atom. The standard InChI is InChI=1S/C15H20O2/c1-3-5-13-6-4-7-14(11-13)8-9-15(17)10-12(2)16/h4,6-7,11H,3,5,8-10H2,1-2H3. The van der Waals surface area contributed by atoms with Crippen molar-refractivity contribution in [3.63, 3.8) is 0 Å². The Hall–Kier alpha value is -1.44. The van der Waals surface area contributed by atoms with E-state index in [-0.39, 0.29) is 18.0 Å². The molecular weight excluding hydrogens is 212 g/mol. The van der Waals surface area contributed by atoms with E-state index in [9.17, 15) is 9.59 Å². The van der Waals surface area contributed by atoms with Crippen LogP contribution in [0.4, 0.5) is 0 Å². The van der Waals surface area contributed by atoms with E-state index in [1.165, 1.54) is 18.1 Å². The smallest absolute Gasteiger partial charge is 0.140 e. The molecule has 1 aromatic carbocycles. The van der Waals surface area contributed by atoms with Crippen LogP contribution in [0.3, 0.4) is 0 Å². The van der Waals surface area contributed by atoms with Gasteiger partial charge in [-0.3, -0.25) is 9.59 Å². The van der Waals surface area contributed by atoms with E-state index in [2.05, 4.69) is 19.1 Å². The molecule has 0 heterocycles. The predicted molar refractivity (Wildman–Crippen MR) is 69.1 cm³/mol. The van der Waals surface area contributed by atoms with Crippen molar-refractivity contribution in [3.05, 3.63) is 35.4 Å². The minimum Gasteiger partial charge on any atom is -0.300 e. The van der Waals surface area contributed by atoms with Crippen molar-refractivity contribution in [2.24, 2.45) is 0 Å². The van der Waals surface area contributed by atoms with Crippen molar-refractivity contribution < 1.29 is 9.59 Å². The lowest BCUT2D eigenvalue weighted by atomic mass is 10.0. The number of Topliss-reactive ketones (excluding diaryl/α,β-unsaturated/α-hetero) is 2. The summed E-state index contributed by atoms with van der Waals surface area (Å²) >= 11 is 0. The van der Waals surface area contributed by atoms with E-state index < -0.39 is 0 Å². The van der Waals surface area contributed by atoms with Gasteiger partial charge in [-0.05, 0) is 30.9 Å². The highest BCUT2D eigenvalue weighted by molar-refractivity contribution is 5.97. The Bertz CT molecular complexity index is 394. The second kappa shape index (κ2) is 7.00. The van der Waals surface area contributed by atoms with Crippen LogP contribution in [-0.4, -0.2) is 11.6 Å². The van der Waals surface area contributed by atoms with Crippen LogP contribution in [0.5, 0.6) is 0 Å². The molecule has 0 N–H and O–H groups in total. The summed E-state index contributed by atoms with van der Waals surface area (Å²) in [6.45, 7) is 3.61. The molecule has 0 radical (unpaired) electrons. The zero-order chi connectivity index (χ0) is 12.7. The van der Waals surface area contributed by atoms with Gasteiger partial charge in [0.25, 0.3) is 0 Å². The maximum atomic E-state index is 11.4. The summed E-state index contributed by atoms with van der Waals surface area (Å²) in [6.07, 6.45) is 3.50. The summed E-state index contributed by atoms with van der Waals surface area (Å²) in [5.74, 6) is -0.00636. The average Bonchev–Trinajstić information content (AvgIpc) is 2.26. The number of hydrogen-bond donors (Lipinski definition) is 0. The highest BCUT2D eigenvalue weighted by atomic mass is 16.1. The summed E-state index contributed by atoms with van der Waals surface area (Å²) < 4.78 is 0. The summed E-state index contributed by atoms with van der Waals surface area (Å²) in [6, 6.07) is 8.35. The molecule has 0 spiro atoms. The SMILES string of the molecule is CCCc1cccc(CCC(=O)CC(C)=O)c1. The number of rotatable bonds is 7. The second-order valence-corrected chi connectivity index (χ2v) is 4.49. The first kappa shape index (κ1) is 13.6. The van der Waals surface area contributed by atoms with Gasteiger partial charge >= 0.3 is 0 Å². The lowest BCUT2D eigenvalue weighted by Crippen LogP contribution is -2.05. The topological polar surface area (TPSA) is 34.1 Å². The van der Waals surface area contributed by atoms with E-state index in [1.807, 2.05) is 12.1 Å². The molecule has 0 unspecified atom stereocenters. The zero-order valence-corrected chi connectivity index (χ0v) is 10.7. The Morgan fingerprint density at radius 1 is 1.12 bits per heavy atom. The summed E-state index contributed by atoms with van der Waals surface area (Å²) in [7, 11) is 0. The van der Waals surface area contributed by atoms with Crippen molar-refractivity contribution >= 4 is 11.6 Å². The average molecular weight is 232 g/mol. The summed E-state index contributed by atoms with van der Waals surface area (Å²) in [5.41, 5.74) is 2.51. The highest BCUT2D eigenvalue weighted by Crippen LogP contribution is 2.10. The van der Waals surface area contributed by atoms with Gasteiger partial charge in [0.05, 0.1) is 6.42 Å². The maximum absolute atomic E-state index is 11.4. The first-order chi connectivity index (χ1) is 8.11. The Morgan fingerprint density at radius 2 is 1.76 bits per heavy atom. The molecule has 0 aromatic heterocycles. The minimum atomic E-state index is -0.0465. The van der Waals surface area contributed by atoms with Gasteiger partial charge in [0.1, 0.15) is 11.6 Å². The molecule has 2 nitrogen and oxygen atoms in total. The molecule has 1 aromatic rings. The van der Waals surface area contributed by atoms with Crippen molar-refractivity contribution in [2.45, 2.75) is 46.0 Å². The molecule has 2 heteroatoms. The van der Waals surface area contributed by atoms with Crippen LogP contribution in [0.25, 0.3) is 0 Å². The lowest BCUT2D eigenvalue weighted by Gasteiger charge is -2.04. The van der Waals surface area contributed by atoms with Gasteiger partial charge in [0.15, 0.2) is 0 Å². The molecule has 1 rings (SSSR count). The molecule has 0 aliphatic heterocycles. The van der Waals surface area contributed by atoms with Crippen LogP contribution in [0.15, 0.2) is 24.3 Å². The monoisotopic (exact) mass is 232 g/mol. The number of hydrogen-bond acceptors (Lipinski definition) is 2. The summed E-state index contributed by atoms with van der Waals surface area (Å²) in [4.78, 5) is 22.2. The molecular formula is C15H20O2. The normalized spacial score (nSPS) is 10.2. The van der Waals surface area contributed by atoms with Gasteiger partial charge < -0.3 is 0 Å². The first-order valence-corrected chi connectivity index (χ1v) is 6.20. The van der Waals surface area contributed by atoms with Crippen LogP contribution in [0.2, 0.25) is 0 Å². The van der Waals surface area contributed by atoms with Crippen LogP contribution < -0.4 is 0 Å². The van der Waals surface area contributed by atoms with E-state index in [4.69, 9.17) is 0 Å². The molecule has 0 amide bonds. The Labute approximate surface area is 103 Å². The van der Waals surface area contributed by atoms with Gasteiger partial charge in [-0.1, -0.05) is 37.6 Å². The van der Waals surface area contributed by atoms with Crippen LogP contribution in [0, 0.1) is 0 Å². The van der Waals surface area contributed by atoms with Gasteiger partial charge in [-0.2, -0.15) is 0 Å². The molecule has 0 saturated carbocycles. The zero-order valence-electron chi connectivity index (χ0n) is 10.7. The molecule has 17 heavy (non-hydrogen) atoms. The first-order valence-electron chi connectivity index (χ1n) is 6.20. The third-order valence-electron chi connectivity index (χ3n) is 2.67. The maximum Gasteiger partial charge on any atom is 0.140 e. The third-order valence-corrected chi connectivity index (χ3v) is 2.67. The quantitative estimate of drug-likeness (QED) is 0.677. The number of aryl methyl sites for hydroxylation is 2. The molecule has 0 saturated heterocycles. The number of benzene rings is 1. The van der Waals surface area contributed by atoms with Crippen molar-refractivity contribution in [1.29, 1.82) is 0 Å². The van der Waals surface area contributed by atoms with Crippen LogP contribution in [0.1, 0.15) is 44.2 Å². The molecule has 0 aliphatic carbocycles. The number of carbonyl (C=O) groups is 2. The van der Waals surface area contributed by atoms with E-state index in [1.54, 1.807) is 0 Å². The van der Waals surface area contributed by atoms with Crippen LogP contribution >= 0.6 is 0 Å². The Balaban J connectivity index is 2.48. The number of ketones is 2. The van der Waals surface area contributed by atoms with Gasteiger partial charge in [-0.15, -0.1) is 0 Å². The van der Waals surface area contributed by atoms with Gasteiger partial charge in [0, 0.05) is 6.42 Å². The Kier molecular flexibility index (Phi) is 5.61. The predicted octanol–water partition coefficient (Wildman–Crippen LogP) is 3.12. The third kappa shape index (κ3) is 5.43. The lowest BCUT2D eigenvalue weighted by molar-refractivity contribution is -0.125. The van der Waals surface area contributed by atoms with Gasteiger partial charge in [-0.25, -0.2) is 0 Å². The van der Waals surface area contributed by atoms with E-state index >= 15 is 0 Å². The van der Waals surface area contributed by atoms with Crippen LogP contribution in [-0.2, 0) is 22.4 Å². The fourth-order valence-electron chi connectivity index (χ4n) is 1.88. The van der Waals surface area contributed by atoms with Crippen molar-refractivity contribution in [3.8, 4) is 0 Å². The van der Waals surface area contributed by atoms with Crippen molar-refractivity contribution in [1.82, 2.24) is 0 Å². The molecule has 0 fully saturated rings. The van der Waals surface area contributed by atoms with Gasteiger partial charge in [0.2, 0.25) is 0 Å². The van der Waals surface area contributed by atoms with Crippen molar-refractivity contribution in [2.75, 3.05) is 0 Å². The molecule has 0 atom stereocenters. The highest BCUT2D eigenvalue weighted by Gasteiger charge is 2.05. The van der Waals surface area contributed by atoms with E-state index in [0.29, 0.717) is 6.42 Å².